The SMILES string of the molecule is C[C@@H]1CNCCN1C(=O)Cc1csc(-c2ccccc2Cl)n1. The number of carbonyl (C=O) groups excluding carboxylic acids is 1. The minimum atomic E-state index is 0.144. The van der Waals surface area contributed by atoms with Crippen LogP contribution in [0.25, 0.3) is 10.6 Å². The summed E-state index contributed by atoms with van der Waals surface area (Å²) in [5.74, 6) is 0.144. The Balaban J connectivity index is 1.72. The summed E-state index contributed by atoms with van der Waals surface area (Å²) in [6.45, 7) is 4.55. The summed E-state index contributed by atoms with van der Waals surface area (Å²) in [7, 11) is 0. The largest absolute Gasteiger partial charge is 0.337 e. The van der Waals surface area contributed by atoms with Crippen LogP contribution in [0, 0.1) is 0 Å². The number of nitrogens with zero attached hydrogens (tertiary/aromatic N) is 2. The number of hydrogen-bond acceptors (Lipinski definition) is 4. The Bertz CT molecular complexity index is 673. The van der Waals surface area contributed by atoms with Crippen LogP contribution >= 0.6 is 22.9 Å². The maximum atomic E-state index is 12.4. The molecule has 22 heavy (non-hydrogen) atoms. The van der Waals surface area contributed by atoms with Gasteiger partial charge in [-0.25, -0.2) is 4.98 Å². The normalized spacial score (nSPS) is 18.5. The molecule has 1 amide bonds. The Kier molecular flexibility index (Phi) is 4.76. The first-order valence-electron chi connectivity index (χ1n) is 7.34. The lowest BCUT2D eigenvalue weighted by molar-refractivity contribution is -0.133. The van der Waals surface area contributed by atoms with Gasteiger partial charge in [0.25, 0.3) is 0 Å². The van der Waals surface area contributed by atoms with E-state index in [0.29, 0.717) is 11.4 Å². The summed E-state index contributed by atoms with van der Waals surface area (Å²) in [6, 6.07) is 7.88. The zero-order chi connectivity index (χ0) is 15.5. The lowest BCUT2D eigenvalue weighted by atomic mass is 10.2. The zero-order valence-corrected chi connectivity index (χ0v) is 14.0. The molecule has 116 valence electrons. The second-order valence-corrected chi connectivity index (χ2v) is 6.71. The van der Waals surface area contributed by atoms with Crippen LogP contribution in [0.1, 0.15) is 12.6 Å². The highest BCUT2D eigenvalue weighted by molar-refractivity contribution is 7.13. The van der Waals surface area contributed by atoms with E-state index in [9.17, 15) is 4.79 Å². The van der Waals surface area contributed by atoms with E-state index in [0.717, 1.165) is 35.9 Å². The van der Waals surface area contributed by atoms with Crippen molar-refractivity contribution >= 4 is 28.8 Å². The summed E-state index contributed by atoms with van der Waals surface area (Å²) in [5.41, 5.74) is 1.74. The van der Waals surface area contributed by atoms with Crippen molar-refractivity contribution in [2.45, 2.75) is 19.4 Å². The Morgan fingerprint density at radius 2 is 2.32 bits per heavy atom. The maximum Gasteiger partial charge on any atom is 0.228 e. The van der Waals surface area contributed by atoms with E-state index >= 15 is 0 Å². The number of halogens is 1. The number of piperazine rings is 1. The fourth-order valence-corrected chi connectivity index (χ4v) is 3.75. The van der Waals surface area contributed by atoms with Gasteiger partial charge in [-0.1, -0.05) is 29.8 Å². The monoisotopic (exact) mass is 335 g/mol. The second kappa shape index (κ2) is 6.77. The highest BCUT2D eigenvalue weighted by Gasteiger charge is 2.23. The molecular weight excluding hydrogens is 318 g/mol. The van der Waals surface area contributed by atoms with Crippen LogP contribution in [0.3, 0.4) is 0 Å². The number of thiazole rings is 1. The molecule has 1 N–H and O–H groups in total. The number of aromatic nitrogens is 1. The Hall–Kier alpha value is -1.43. The van der Waals surface area contributed by atoms with E-state index in [1.54, 1.807) is 0 Å². The van der Waals surface area contributed by atoms with Gasteiger partial charge in [0.1, 0.15) is 5.01 Å². The number of benzene rings is 1. The summed E-state index contributed by atoms with van der Waals surface area (Å²) in [4.78, 5) is 18.9. The first-order valence-corrected chi connectivity index (χ1v) is 8.60. The molecule has 3 rings (SSSR count). The molecule has 1 aromatic carbocycles. The van der Waals surface area contributed by atoms with Gasteiger partial charge in [0, 0.05) is 36.6 Å². The molecule has 2 aromatic rings. The minimum Gasteiger partial charge on any atom is -0.337 e. The van der Waals surface area contributed by atoms with Gasteiger partial charge >= 0.3 is 0 Å². The predicted octanol–water partition coefficient (Wildman–Crippen LogP) is 2.83. The van der Waals surface area contributed by atoms with Crippen molar-refractivity contribution in [3.05, 3.63) is 40.4 Å². The van der Waals surface area contributed by atoms with Crippen LogP contribution in [0.2, 0.25) is 5.02 Å². The zero-order valence-electron chi connectivity index (χ0n) is 12.4. The molecule has 0 aliphatic carbocycles. The van der Waals surface area contributed by atoms with E-state index in [4.69, 9.17) is 11.6 Å². The summed E-state index contributed by atoms with van der Waals surface area (Å²) in [6.07, 6.45) is 0.352. The Morgan fingerprint density at radius 1 is 1.50 bits per heavy atom. The molecule has 1 aliphatic heterocycles. The molecule has 6 heteroatoms. The Morgan fingerprint density at radius 3 is 3.09 bits per heavy atom. The maximum absolute atomic E-state index is 12.4. The lowest BCUT2D eigenvalue weighted by Gasteiger charge is -2.33. The van der Waals surface area contributed by atoms with Crippen molar-refractivity contribution in [1.82, 2.24) is 15.2 Å². The predicted molar refractivity (Wildman–Crippen MR) is 90.3 cm³/mol. The van der Waals surface area contributed by atoms with Crippen molar-refractivity contribution in [3.63, 3.8) is 0 Å². The van der Waals surface area contributed by atoms with Crippen LogP contribution in [0.4, 0.5) is 0 Å². The number of rotatable bonds is 3. The van der Waals surface area contributed by atoms with Crippen LogP contribution in [-0.4, -0.2) is 41.5 Å². The van der Waals surface area contributed by atoms with Crippen LogP contribution < -0.4 is 5.32 Å². The lowest BCUT2D eigenvalue weighted by Crippen LogP contribution is -2.52. The van der Waals surface area contributed by atoms with Gasteiger partial charge in [-0.2, -0.15) is 0 Å². The third kappa shape index (κ3) is 3.32. The molecule has 1 aromatic heterocycles. The second-order valence-electron chi connectivity index (χ2n) is 5.44. The van der Waals surface area contributed by atoms with Gasteiger partial charge in [0.2, 0.25) is 5.91 Å². The van der Waals surface area contributed by atoms with Gasteiger partial charge in [0.05, 0.1) is 17.1 Å². The first-order chi connectivity index (χ1) is 10.6. The first kappa shape index (κ1) is 15.5. The van der Waals surface area contributed by atoms with E-state index in [2.05, 4.69) is 17.2 Å². The average molecular weight is 336 g/mol. The molecule has 1 aliphatic rings. The molecule has 0 bridgehead atoms. The average Bonchev–Trinajstić information content (AvgIpc) is 2.96. The van der Waals surface area contributed by atoms with Crippen molar-refractivity contribution in [2.24, 2.45) is 0 Å². The highest BCUT2D eigenvalue weighted by Crippen LogP contribution is 2.30. The fraction of sp³-hybridized carbons (Fsp3) is 0.375. The van der Waals surface area contributed by atoms with Gasteiger partial charge in [-0.05, 0) is 13.0 Å². The van der Waals surface area contributed by atoms with E-state index in [1.165, 1.54) is 11.3 Å². The molecular formula is C16H18ClN3OS. The number of amides is 1. The van der Waals surface area contributed by atoms with Gasteiger partial charge in [-0.3, -0.25) is 4.79 Å². The van der Waals surface area contributed by atoms with E-state index < -0.39 is 0 Å². The van der Waals surface area contributed by atoms with Gasteiger partial charge in [0.15, 0.2) is 0 Å². The van der Waals surface area contributed by atoms with Crippen LogP contribution in [0.5, 0.6) is 0 Å². The molecule has 0 unspecified atom stereocenters. The van der Waals surface area contributed by atoms with E-state index in [-0.39, 0.29) is 11.9 Å². The molecule has 1 fully saturated rings. The molecule has 0 saturated carbocycles. The fourth-order valence-electron chi connectivity index (χ4n) is 2.61. The number of carbonyl (C=O) groups is 1. The molecule has 0 spiro atoms. The minimum absolute atomic E-state index is 0.144. The Labute approximate surface area is 139 Å². The van der Waals surface area contributed by atoms with Crippen molar-refractivity contribution in [1.29, 1.82) is 0 Å². The molecule has 1 saturated heterocycles. The van der Waals surface area contributed by atoms with E-state index in [1.807, 2.05) is 34.5 Å². The summed E-state index contributed by atoms with van der Waals surface area (Å²) < 4.78 is 0. The third-order valence-electron chi connectivity index (χ3n) is 3.81. The topological polar surface area (TPSA) is 45.2 Å². The molecule has 4 nitrogen and oxygen atoms in total. The van der Waals surface area contributed by atoms with Gasteiger partial charge < -0.3 is 10.2 Å². The van der Waals surface area contributed by atoms with Gasteiger partial charge in [-0.15, -0.1) is 11.3 Å². The smallest absolute Gasteiger partial charge is 0.228 e. The summed E-state index contributed by atoms with van der Waals surface area (Å²) >= 11 is 7.73. The molecule has 0 radical (unpaired) electrons. The molecule has 1 atom stereocenters. The van der Waals surface area contributed by atoms with Crippen molar-refractivity contribution in [3.8, 4) is 10.6 Å². The number of nitrogens with one attached hydrogen (secondary N) is 1. The molecule has 2 heterocycles. The number of hydrogen-bond donors (Lipinski definition) is 1. The van der Waals surface area contributed by atoms with Crippen LogP contribution in [0.15, 0.2) is 29.6 Å². The summed E-state index contributed by atoms with van der Waals surface area (Å²) in [5, 5.41) is 6.79. The van der Waals surface area contributed by atoms with Crippen molar-refractivity contribution < 1.29 is 4.79 Å². The standard InChI is InChI=1S/C16H18ClN3OS/c1-11-9-18-6-7-20(11)15(21)8-12-10-22-16(19-12)13-4-2-3-5-14(13)17/h2-5,10-11,18H,6-9H2,1H3/t11-/m1/s1. The van der Waals surface area contributed by atoms with Crippen molar-refractivity contribution in [2.75, 3.05) is 19.6 Å². The third-order valence-corrected chi connectivity index (χ3v) is 5.06. The van der Waals surface area contributed by atoms with Crippen LogP contribution in [-0.2, 0) is 11.2 Å². The quantitative estimate of drug-likeness (QED) is 0.938. The highest BCUT2D eigenvalue weighted by atomic mass is 35.5.